The number of alkyl halides is 1. The number of rotatable bonds is 9. The van der Waals surface area contributed by atoms with Gasteiger partial charge in [-0.05, 0) is 50.5 Å². The Balaban J connectivity index is 1.64. The lowest BCUT2D eigenvalue weighted by Crippen LogP contribution is -2.25. The number of aryl methyl sites for hydroxylation is 1. The van der Waals surface area contributed by atoms with E-state index in [1.807, 2.05) is 54.5 Å². The van der Waals surface area contributed by atoms with Gasteiger partial charge in [-0.1, -0.05) is 12.1 Å². The van der Waals surface area contributed by atoms with E-state index in [1.54, 1.807) is 0 Å². The van der Waals surface area contributed by atoms with Gasteiger partial charge in [-0.15, -0.1) is 11.6 Å². The molecule has 158 valence electrons. The predicted molar refractivity (Wildman–Crippen MR) is 120 cm³/mol. The van der Waals surface area contributed by atoms with E-state index < -0.39 is 0 Å². The van der Waals surface area contributed by atoms with Gasteiger partial charge in [-0.25, -0.2) is 9.97 Å². The molecule has 0 aliphatic rings. The van der Waals surface area contributed by atoms with E-state index in [0.717, 1.165) is 34.5 Å². The van der Waals surface area contributed by atoms with E-state index in [0.29, 0.717) is 30.8 Å². The van der Waals surface area contributed by atoms with Crippen molar-refractivity contribution >= 4 is 29.1 Å². The van der Waals surface area contributed by atoms with Gasteiger partial charge in [0, 0.05) is 48.5 Å². The molecule has 7 nitrogen and oxygen atoms in total. The number of nitrogens with one attached hydrogen (secondary N) is 2. The smallest absolute Gasteiger partial charge is 0.227 e. The van der Waals surface area contributed by atoms with E-state index in [2.05, 4.69) is 39.5 Å². The molecule has 0 bridgehead atoms. The van der Waals surface area contributed by atoms with Crippen LogP contribution in [0, 0.1) is 6.92 Å². The first-order valence-electron chi connectivity index (χ1n) is 10.0. The number of carbonyl (C=O) groups is 1. The molecule has 0 saturated heterocycles. The van der Waals surface area contributed by atoms with Gasteiger partial charge in [-0.2, -0.15) is 5.10 Å². The minimum atomic E-state index is -0.0189. The highest BCUT2D eigenvalue weighted by Gasteiger charge is 2.10. The highest BCUT2D eigenvalue weighted by atomic mass is 35.5. The summed E-state index contributed by atoms with van der Waals surface area (Å²) in [5, 5.41) is 10.5. The Morgan fingerprint density at radius 2 is 1.97 bits per heavy atom. The minimum absolute atomic E-state index is 0.0189. The second-order valence-corrected chi connectivity index (χ2v) is 7.77. The van der Waals surface area contributed by atoms with Gasteiger partial charge in [0.15, 0.2) is 0 Å². The topological polar surface area (TPSA) is 84.7 Å². The minimum Gasteiger partial charge on any atom is -0.356 e. The number of hydrogen-bond acceptors (Lipinski definition) is 5. The predicted octanol–water partition coefficient (Wildman–Crippen LogP) is 4.26. The number of hydrogen-bond donors (Lipinski definition) is 2. The SMILES string of the molecule is Cc1cnc(Nc2ccc(CCNC(=O)CCCl)cc2)nc1-c1cnn(C(C)C)c1. The third kappa shape index (κ3) is 5.79. The maximum atomic E-state index is 11.5. The Morgan fingerprint density at radius 1 is 1.20 bits per heavy atom. The zero-order valence-electron chi connectivity index (χ0n) is 17.5. The fourth-order valence-corrected chi connectivity index (χ4v) is 3.11. The number of halogens is 1. The molecule has 1 amide bonds. The molecule has 3 aromatic rings. The summed E-state index contributed by atoms with van der Waals surface area (Å²) < 4.78 is 1.92. The van der Waals surface area contributed by atoms with Crippen LogP contribution in [0.4, 0.5) is 11.6 Å². The quantitative estimate of drug-likeness (QED) is 0.499. The van der Waals surface area contributed by atoms with Gasteiger partial charge in [0.1, 0.15) is 0 Å². The van der Waals surface area contributed by atoms with Crippen molar-refractivity contribution in [3.63, 3.8) is 0 Å². The summed E-state index contributed by atoms with van der Waals surface area (Å²) in [6.45, 7) is 6.77. The molecule has 0 fully saturated rings. The summed E-state index contributed by atoms with van der Waals surface area (Å²) in [6, 6.07) is 8.31. The van der Waals surface area contributed by atoms with Crippen molar-refractivity contribution in [1.82, 2.24) is 25.1 Å². The second kappa shape index (κ2) is 10.2. The summed E-state index contributed by atoms with van der Waals surface area (Å²) in [4.78, 5) is 20.5. The van der Waals surface area contributed by atoms with Gasteiger partial charge < -0.3 is 10.6 Å². The molecular formula is C22H27ClN6O. The highest BCUT2D eigenvalue weighted by Crippen LogP contribution is 2.23. The molecule has 0 aliphatic carbocycles. The molecule has 0 spiro atoms. The van der Waals surface area contributed by atoms with Crippen LogP contribution in [0.15, 0.2) is 42.9 Å². The Kier molecular flexibility index (Phi) is 7.41. The fraction of sp³-hybridized carbons (Fsp3) is 0.364. The van der Waals surface area contributed by atoms with Crippen LogP contribution >= 0.6 is 11.6 Å². The molecule has 3 rings (SSSR count). The number of carbonyl (C=O) groups excluding carboxylic acids is 1. The van der Waals surface area contributed by atoms with Gasteiger partial charge in [0.25, 0.3) is 0 Å². The molecule has 8 heteroatoms. The van der Waals surface area contributed by atoms with Crippen LogP contribution in [0.25, 0.3) is 11.3 Å². The van der Waals surface area contributed by atoms with E-state index in [1.165, 1.54) is 0 Å². The molecule has 2 heterocycles. The Morgan fingerprint density at radius 3 is 2.63 bits per heavy atom. The van der Waals surface area contributed by atoms with Crippen molar-refractivity contribution in [2.75, 3.05) is 17.7 Å². The zero-order chi connectivity index (χ0) is 21.5. The van der Waals surface area contributed by atoms with Crippen molar-refractivity contribution in [2.45, 2.75) is 39.7 Å². The molecule has 2 N–H and O–H groups in total. The average molecular weight is 427 g/mol. The standard InChI is InChI=1S/C22H27ClN6O/c1-15(2)29-14-18(13-26-29)21-16(3)12-25-22(28-21)27-19-6-4-17(5-7-19)9-11-24-20(30)8-10-23/h4-7,12-15H,8-11H2,1-3H3,(H,24,30)(H,25,27,28). The molecule has 30 heavy (non-hydrogen) atoms. The Hall–Kier alpha value is -2.93. The van der Waals surface area contributed by atoms with Gasteiger partial charge in [-0.3, -0.25) is 9.48 Å². The van der Waals surface area contributed by atoms with Gasteiger partial charge in [0.05, 0.1) is 11.9 Å². The van der Waals surface area contributed by atoms with E-state index >= 15 is 0 Å². The first-order valence-corrected chi connectivity index (χ1v) is 10.6. The molecule has 0 radical (unpaired) electrons. The van der Waals surface area contributed by atoms with Crippen molar-refractivity contribution in [2.24, 2.45) is 0 Å². The van der Waals surface area contributed by atoms with Crippen molar-refractivity contribution < 1.29 is 4.79 Å². The lowest BCUT2D eigenvalue weighted by atomic mass is 10.1. The zero-order valence-corrected chi connectivity index (χ0v) is 18.3. The molecule has 0 unspecified atom stereocenters. The van der Waals surface area contributed by atoms with E-state index in [4.69, 9.17) is 11.6 Å². The lowest BCUT2D eigenvalue weighted by molar-refractivity contribution is -0.120. The van der Waals surface area contributed by atoms with Crippen molar-refractivity contribution in [3.8, 4) is 11.3 Å². The maximum Gasteiger partial charge on any atom is 0.227 e. The number of amides is 1. The number of nitrogens with zero attached hydrogens (tertiary/aromatic N) is 4. The summed E-state index contributed by atoms with van der Waals surface area (Å²) in [5.41, 5.74) is 4.87. The normalized spacial score (nSPS) is 11.0. The van der Waals surface area contributed by atoms with Crippen LogP contribution in [-0.2, 0) is 11.2 Å². The molecular weight excluding hydrogens is 400 g/mol. The average Bonchev–Trinajstić information content (AvgIpc) is 3.21. The monoisotopic (exact) mass is 426 g/mol. The third-order valence-corrected chi connectivity index (χ3v) is 4.83. The molecule has 1 aromatic carbocycles. The summed E-state index contributed by atoms with van der Waals surface area (Å²) >= 11 is 5.56. The molecule has 0 saturated carbocycles. The van der Waals surface area contributed by atoms with Gasteiger partial charge in [0.2, 0.25) is 11.9 Å². The van der Waals surface area contributed by atoms with Crippen molar-refractivity contribution in [3.05, 3.63) is 54.0 Å². The number of aromatic nitrogens is 4. The third-order valence-electron chi connectivity index (χ3n) is 4.64. The highest BCUT2D eigenvalue weighted by molar-refractivity contribution is 6.18. The molecule has 0 atom stereocenters. The summed E-state index contributed by atoms with van der Waals surface area (Å²) in [5.74, 6) is 0.859. The number of benzene rings is 1. The van der Waals surface area contributed by atoms with Crippen molar-refractivity contribution in [1.29, 1.82) is 0 Å². The largest absolute Gasteiger partial charge is 0.356 e. The van der Waals surface area contributed by atoms with Crippen LogP contribution in [0.1, 0.15) is 37.4 Å². The van der Waals surface area contributed by atoms with Crippen LogP contribution in [-0.4, -0.2) is 38.1 Å². The van der Waals surface area contributed by atoms with Crippen LogP contribution in [0.5, 0.6) is 0 Å². The second-order valence-electron chi connectivity index (χ2n) is 7.39. The molecule has 0 aliphatic heterocycles. The Labute approximate surface area is 181 Å². The lowest BCUT2D eigenvalue weighted by Gasteiger charge is -2.09. The van der Waals surface area contributed by atoms with E-state index in [9.17, 15) is 4.79 Å². The maximum absolute atomic E-state index is 11.5. The Bertz CT molecular complexity index is 984. The number of anilines is 2. The molecule has 2 aromatic heterocycles. The van der Waals surface area contributed by atoms with Crippen LogP contribution in [0.3, 0.4) is 0 Å². The van der Waals surface area contributed by atoms with E-state index in [-0.39, 0.29) is 5.91 Å². The fourth-order valence-electron chi connectivity index (χ4n) is 2.94. The summed E-state index contributed by atoms with van der Waals surface area (Å²) in [7, 11) is 0. The first-order chi connectivity index (χ1) is 14.5. The van der Waals surface area contributed by atoms with Gasteiger partial charge >= 0.3 is 0 Å². The van der Waals surface area contributed by atoms with Crippen LogP contribution in [0.2, 0.25) is 0 Å². The first kappa shape index (κ1) is 21.8. The van der Waals surface area contributed by atoms with Crippen LogP contribution < -0.4 is 10.6 Å². The summed E-state index contributed by atoms with van der Waals surface area (Å²) in [6.07, 6.45) is 6.76.